The number of aliphatic hydroxyl groups is 1. The second-order valence-corrected chi connectivity index (χ2v) is 12.5. The molecule has 0 saturated heterocycles. The molecule has 1 saturated carbocycles. The first kappa shape index (κ1) is 18.1. The van der Waals surface area contributed by atoms with Gasteiger partial charge in [0.2, 0.25) is 0 Å². The average Bonchev–Trinajstić information content (AvgIpc) is 2.84. The average molecular weight is 353 g/mol. The zero-order valence-electron chi connectivity index (χ0n) is 15.2. The molecule has 25 heavy (non-hydrogen) atoms. The lowest BCUT2D eigenvalue weighted by molar-refractivity contribution is -0.126. The third kappa shape index (κ3) is 3.78. The topological polar surface area (TPSA) is 37.3 Å². The zero-order valence-corrected chi connectivity index (χ0v) is 16.2. The van der Waals surface area contributed by atoms with Crippen molar-refractivity contribution in [1.82, 2.24) is 0 Å². The predicted molar refractivity (Wildman–Crippen MR) is 106 cm³/mol. The molecule has 1 N–H and O–H groups in total. The standard InChI is InChI=1S/C22H28O2Si/c1-25(2,18-13-7-4-8-14-18)20-16-10-9-15-19(23)21(20)22(24)17-11-5-3-6-12-17/h3-8,11-14,20-22,24H,9-10,15-16H2,1-2H3/t20-,21-,22+/m0/s1. The third-order valence-electron chi connectivity index (χ3n) is 5.92. The summed E-state index contributed by atoms with van der Waals surface area (Å²) in [5.41, 5.74) is 1.13. The van der Waals surface area contributed by atoms with Crippen LogP contribution in [0.2, 0.25) is 18.6 Å². The summed E-state index contributed by atoms with van der Waals surface area (Å²) in [5, 5.41) is 12.5. The highest BCUT2D eigenvalue weighted by Crippen LogP contribution is 2.44. The molecule has 0 aromatic heterocycles. The van der Waals surface area contributed by atoms with E-state index in [1.54, 1.807) is 0 Å². The van der Waals surface area contributed by atoms with Crippen LogP contribution in [0.25, 0.3) is 0 Å². The van der Waals surface area contributed by atoms with Gasteiger partial charge in [0.1, 0.15) is 5.78 Å². The van der Waals surface area contributed by atoms with Crippen molar-refractivity contribution in [2.75, 3.05) is 0 Å². The van der Waals surface area contributed by atoms with E-state index in [0.717, 1.165) is 24.8 Å². The number of carbonyl (C=O) groups excluding carboxylic acids is 1. The highest BCUT2D eigenvalue weighted by molar-refractivity contribution is 6.91. The Kier molecular flexibility index (Phi) is 5.55. The fraction of sp³-hybridized carbons (Fsp3) is 0.409. The van der Waals surface area contributed by atoms with Gasteiger partial charge in [-0.25, -0.2) is 0 Å². The summed E-state index contributed by atoms with van der Waals surface area (Å²) in [4.78, 5) is 13.0. The number of Topliss-reactive ketones (excluding diaryl/α,β-unsaturated/α-hetero) is 1. The van der Waals surface area contributed by atoms with E-state index >= 15 is 0 Å². The minimum absolute atomic E-state index is 0.246. The Balaban J connectivity index is 2.00. The fourth-order valence-electron chi connectivity index (χ4n) is 4.38. The molecule has 0 bridgehead atoms. The molecule has 132 valence electrons. The Morgan fingerprint density at radius 1 is 0.960 bits per heavy atom. The van der Waals surface area contributed by atoms with Crippen molar-refractivity contribution in [3.63, 3.8) is 0 Å². The quantitative estimate of drug-likeness (QED) is 0.651. The molecular weight excluding hydrogens is 324 g/mol. The van der Waals surface area contributed by atoms with Crippen molar-refractivity contribution in [1.29, 1.82) is 0 Å². The largest absolute Gasteiger partial charge is 0.388 e. The maximum atomic E-state index is 13.0. The molecule has 0 aliphatic heterocycles. The summed E-state index contributed by atoms with van der Waals surface area (Å²) in [5.74, 6) is -0.0397. The maximum Gasteiger partial charge on any atom is 0.138 e. The number of hydrogen-bond acceptors (Lipinski definition) is 2. The molecule has 0 radical (unpaired) electrons. The SMILES string of the molecule is C[Si](C)(c1ccccc1)[C@H]1CCCCC(=O)[C@@H]1[C@H](O)c1ccccc1. The van der Waals surface area contributed by atoms with E-state index in [4.69, 9.17) is 0 Å². The lowest BCUT2D eigenvalue weighted by Gasteiger charge is -2.39. The molecule has 3 atom stereocenters. The highest BCUT2D eigenvalue weighted by atomic mass is 28.3. The predicted octanol–water partition coefficient (Wildman–Crippen LogP) is 4.47. The summed E-state index contributed by atoms with van der Waals surface area (Å²) >= 11 is 0. The van der Waals surface area contributed by atoms with Crippen LogP contribution < -0.4 is 5.19 Å². The molecule has 0 unspecified atom stereocenters. The van der Waals surface area contributed by atoms with Crippen molar-refractivity contribution < 1.29 is 9.90 Å². The van der Waals surface area contributed by atoms with Crippen LogP contribution in [0.5, 0.6) is 0 Å². The molecule has 1 aliphatic carbocycles. The lowest BCUT2D eigenvalue weighted by atomic mass is 9.88. The monoisotopic (exact) mass is 352 g/mol. The molecule has 2 aromatic rings. The molecular formula is C22H28O2Si. The second-order valence-electron chi connectivity index (χ2n) is 7.79. The van der Waals surface area contributed by atoms with Crippen LogP contribution in [0.3, 0.4) is 0 Å². The number of benzene rings is 2. The molecule has 2 aromatic carbocycles. The molecule has 1 fully saturated rings. The van der Waals surface area contributed by atoms with Gasteiger partial charge in [-0.1, -0.05) is 91.8 Å². The van der Waals surface area contributed by atoms with E-state index in [0.29, 0.717) is 6.42 Å². The van der Waals surface area contributed by atoms with E-state index in [1.807, 2.05) is 36.4 Å². The van der Waals surface area contributed by atoms with Crippen LogP contribution in [0, 0.1) is 5.92 Å². The van der Waals surface area contributed by atoms with Gasteiger partial charge in [-0.3, -0.25) is 4.79 Å². The molecule has 1 aliphatic rings. The van der Waals surface area contributed by atoms with E-state index in [-0.39, 0.29) is 17.2 Å². The van der Waals surface area contributed by atoms with E-state index in [2.05, 4.69) is 37.4 Å². The molecule has 0 heterocycles. The van der Waals surface area contributed by atoms with E-state index in [9.17, 15) is 9.90 Å². The van der Waals surface area contributed by atoms with Crippen LogP contribution >= 0.6 is 0 Å². The van der Waals surface area contributed by atoms with Crippen LogP contribution in [-0.2, 0) is 4.79 Å². The van der Waals surface area contributed by atoms with Crippen molar-refractivity contribution >= 4 is 19.0 Å². The summed E-state index contributed by atoms with van der Waals surface area (Å²) < 4.78 is 0. The Bertz CT molecular complexity index is 696. The van der Waals surface area contributed by atoms with E-state index in [1.165, 1.54) is 5.19 Å². The van der Waals surface area contributed by atoms with E-state index < -0.39 is 14.2 Å². The van der Waals surface area contributed by atoms with Crippen LogP contribution in [0.15, 0.2) is 60.7 Å². The minimum Gasteiger partial charge on any atom is -0.388 e. The Morgan fingerprint density at radius 2 is 1.56 bits per heavy atom. The lowest BCUT2D eigenvalue weighted by Crippen LogP contribution is -2.50. The summed E-state index contributed by atoms with van der Waals surface area (Å²) in [6, 6.07) is 20.3. The summed E-state index contributed by atoms with van der Waals surface area (Å²) in [7, 11) is -1.89. The van der Waals surface area contributed by atoms with Crippen molar-refractivity contribution in [2.24, 2.45) is 5.92 Å². The van der Waals surface area contributed by atoms with Crippen molar-refractivity contribution in [3.05, 3.63) is 66.2 Å². The Labute approximate surface area is 151 Å². The molecule has 3 rings (SSSR count). The number of aliphatic hydroxyl groups excluding tert-OH is 1. The number of carbonyl (C=O) groups is 1. The van der Waals surface area contributed by atoms with Gasteiger partial charge in [0.05, 0.1) is 14.2 Å². The van der Waals surface area contributed by atoms with Crippen LogP contribution in [0.4, 0.5) is 0 Å². The van der Waals surface area contributed by atoms with Gasteiger partial charge in [0.15, 0.2) is 0 Å². The Morgan fingerprint density at radius 3 is 2.20 bits per heavy atom. The maximum absolute atomic E-state index is 13.0. The van der Waals surface area contributed by atoms with Gasteiger partial charge in [0.25, 0.3) is 0 Å². The fourth-order valence-corrected chi connectivity index (χ4v) is 8.05. The molecule has 0 spiro atoms. The summed E-state index contributed by atoms with van der Waals surface area (Å²) in [6.45, 7) is 4.71. The van der Waals surface area contributed by atoms with Gasteiger partial charge in [-0.15, -0.1) is 0 Å². The minimum atomic E-state index is -1.89. The first-order valence-corrected chi connectivity index (χ1v) is 12.4. The first-order chi connectivity index (χ1) is 12.0. The second kappa shape index (κ2) is 7.67. The Hall–Kier alpha value is -1.71. The highest BCUT2D eigenvalue weighted by Gasteiger charge is 2.45. The third-order valence-corrected chi connectivity index (χ3v) is 10.2. The van der Waals surface area contributed by atoms with Gasteiger partial charge in [-0.05, 0) is 17.5 Å². The molecule has 0 amide bonds. The smallest absolute Gasteiger partial charge is 0.138 e. The van der Waals surface area contributed by atoms with Gasteiger partial charge in [-0.2, -0.15) is 0 Å². The van der Waals surface area contributed by atoms with Gasteiger partial charge >= 0.3 is 0 Å². The number of ketones is 1. The molecule has 3 heteroatoms. The molecule has 2 nitrogen and oxygen atoms in total. The van der Waals surface area contributed by atoms with Gasteiger partial charge in [0, 0.05) is 12.3 Å². The van der Waals surface area contributed by atoms with Crippen LogP contribution in [-0.4, -0.2) is 19.0 Å². The number of hydrogen-bond donors (Lipinski definition) is 1. The zero-order chi connectivity index (χ0) is 17.9. The summed E-state index contributed by atoms with van der Waals surface area (Å²) in [6.07, 6.45) is 2.97. The normalized spacial score (nSPS) is 23.1. The first-order valence-electron chi connectivity index (χ1n) is 9.33. The van der Waals surface area contributed by atoms with Crippen molar-refractivity contribution in [2.45, 2.75) is 50.4 Å². The van der Waals surface area contributed by atoms with Crippen molar-refractivity contribution in [3.8, 4) is 0 Å². The van der Waals surface area contributed by atoms with Crippen LogP contribution in [0.1, 0.15) is 37.4 Å². The van der Waals surface area contributed by atoms with Gasteiger partial charge < -0.3 is 5.11 Å². The number of rotatable bonds is 4.